The monoisotopic (exact) mass is 451 g/mol. The molecule has 2 bridgehead atoms. The van der Waals surface area contributed by atoms with Gasteiger partial charge in [-0.15, -0.1) is 0 Å². The zero-order valence-corrected chi connectivity index (χ0v) is 18.4. The molecule has 5 rings (SSSR count). The number of hydrogen-bond acceptors (Lipinski definition) is 6. The van der Waals surface area contributed by atoms with Gasteiger partial charge < -0.3 is 30.7 Å². The number of carbonyl (C=O) groups excluding carboxylic acids is 2. The van der Waals surface area contributed by atoms with Gasteiger partial charge in [-0.3, -0.25) is 9.78 Å². The van der Waals surface area contributed by atoms with Crippen molar-refractivity contribution in [2.75, 3.05) is 25.0 Å². The van der Waals surface area contributed by atoms with Gasteiger partial charge in [0.1, 0.15) is 0 Å². The van der Waals surface area contributed by atoms with Crippen molar-refractivity contribution < 1.29 is 19.4 Å². The number of urea groups is 1. The Bertz CT molecular complexity index is 1020. The van der Waals surface area contributed by atoms with Crippen LogP contribution in [0.25, 0.3) is 0 Å². The summed E-state index contributed by atoms with van der Waals surface area (Å²) in [5, 5.41) is 18.9. The number of likely N-dealkylation sites (tertiary alicyclic amines) is 1. The van der Waals surface area contributed by atoms with Gasteiger partial charge >= 0.3 is 6.03 Å². The van der Waals surface area contributed by atoms with Crippen LogP contribution in [0.15, 0.2) is 42.6 Å². The molecule has 2 aromatic rings. The SMILES string of the molecule is O=C(NCC(=O)N1CCCC1c1ccccn1)NCc1ccc2c(c1)[C@H]1C[C@@H](N2)[C@H](O)CO1. The fraction of sp³-hybridized carbons (Fsp3) is 0.458. The van der Waals surface area contributed by atoms with E-state index in [0.29, 0.717) is 19.7 Å². The summed E-state index contributed by atoms with van der Waals surface area (Å²) in [6.07, 6.45) is 3.73. The van der Waals surface area contributed by atoms with Crippen LogP contribution in [0.5, 0.6) is 0 Å². The standard InChI is InChI=1S/C24H29N5O4/c30-21-14-33-22-11-19(21)28-17-7-6-15(10-16(17)22)12-26-24(32)27-13-23(31)29-9-3-5-20(29)18-4-1-2-8-25-18/h1-2,4,6-8,10,19-22,28,30H,3,5,9,11-14H2,(H2,26,27,32)/t19-,20?,21-,22-/m1/s1. The number of rotatable bonds is 5. The van der Waals surface area contributed by atoms with Crippen molar-refractivity contribution in [3.8, 4) is 0 Å². The molecule has 1 unspecified atom stereocenters. The lowest BCUT2D eigenvalue weighted by molar-refractivity contribution is -0.131. The Labute approximate surface area is 192 Å². The average Bonchev–Trinajstić information content (AvgIpc) is 3.34. The first-order valence-electron chi connectivity index (χ1n) is 11.5. The number of pyridine rings is 1. The second-order valence-electron chi connectivity index (χ2n) is 8.83. The smallest absolute Gasteiger partial charge is 0.315 e. The molecular formula is C24H29N5O4. The molecule has 174 valence electrons. The third-order valence-electron chi connectivity index (χ3n) is 6.66. The second-order valence-corrected chi connectivity index (χ2v) is 8.83. The minimum absolute atomic E-state index is 0.0106. The van der Waals surface area contributed by atoms with Gasteiger partial charge in [-0.25, -0.2) is 4.79 Å². The van der Waals surface area contributed by atoms with Gasteiger partial charge in [-0.05, 0) is 42.7 Å². The van der Waals surface area contributed by atoms with Crippen LogP contribution in [-0.4, -0.2) is 58.8 Å². The molecule has 9 heteroatoms. The van der Waals surface area contributed by atoms with E-state index in [0.717, 1.165) is 41.8 Å². The Balaban J connectivity index is 1.12. The molecule has 0 radical (unpaired) electrons. The van der Waals surface area contributed by atoms with E-state index in [1.54, 1.807) is 11.1 Å². The van der Waals surface area contributed by atoms with Crippen LogP contribution in [-0.2, 0) is 16.1 Å². The highest BCUT2D eigenvalue weighted by Crippen LogP contribution is 2.39. The van der Waals surface area contributed by atoms with Crippen LogP contribution in [0, 0.1) is 0 Å². The van der Waals surface area contributed by atoms with Crippen molar-refractivity contribution in [2.24, 2.45) is 0 Å². The summed E-state index contributed by atoms with van der Waals surface area (Å²) in [5.41, 5.74) is 3.84. The highest BCUT2D eigenvalue weighted by molar-refractivity contribution is 5.84. The second kappa shape index (κ2) is 9.36. The molecule has 1 aromatic carbocycles. The Morgan fingerprint density at radius 2 is 2.15 bits per heavy atom. The third-order valence-corrected chi connectivity index (χ3v) is 6.66. The molecule has 1 aromatic heterocycles. The molecule has 4 atom stereocenters. The maximum atomic E-state index is 12.7. The minimum Gasteiger partial charge on any atom is -0.389 e. The topological polar surface area (TPSA) is 116 Å². The number of aromatic nitrogens is 1. The quantitative estimate of drug-likeness (QED) is 0.552. The van der Waals surface area contributed by atoms with Gasteiger partial charge in [0, 0.05) is 37.0 Å². The Hall–Kier alpha value is -3.17. The lowest BCUT2D eigenvalue weighted by Gasteiger charge is -2.40. The van der Waals surface area contributed by atoms with Gasteiger partial charge in [0.15, 0.2) is 0 Å². The van der Waals surface area contributed by atoms with Crippen molar-refractivity contribution in [1.29, 1.82) is 0 Å². The van der Waals surface area contributed by atoms with E-state index in [4.69, 9.17) is 4.74 Å². The number of nitrogens with zero attached hydrogens (tertiary/aromatic N) is 2. The third kappa shape index (κ3) is 4.65. The number of anilines is 1. The van der Waals surface area contributed by atoms with Crippen LogP contribution in [0.2, 0.25) is 0 Å². The molecule has 9 nitrogen and oxygen atoms in total. The van der Waals surface area contributed by atoms with Crippen molar-refractivity contribution >= 4 is 17.6 Å². The predicted octanol–water partition coefficient (Wildman–Crippen LogP) is 1.86. The largest absolute Gasteiger partial charge is 0.389 e. The van der Waals surface area contributed by atoms with E-state index in [1.807, 2.05) is 36.4 Å². The molecule has 2 saturated heterocycles. The Morgan fingerprint density at radius 1 is 1.24 bits per heavy atom. The highest BCUT2D eigenvalue weighted by Gasteiger charge is 2.36. The lowest BCUT2D eigenvalue weighted by Crippen LogP contribution is -2.46. The summed E-state index contributed by atoms with van der Waals surface area (Å²) >= 11 is 0. The van der Waals surface area contributed by atoms with Crippen LogP contribution in [0.4, 0.5) is 10.5 Å². The molecule has 0 saturated carbocycles. The van der Waals surface area contributed by atoms with Gasteiger partial charge in [0.2, 0.25) is 5.91 Å². The maximum Gasteiger partial charge on any atom is 0.315 e. The van der Waals surface area contributed by atoms with E-state index in [9.17, 15) is 14.7 Å². The molecule has 0 spiro atoms. The van der Waals surface area contributed by atoms with Crippen molar-refractivity contribution in [3.05, 3.63) is 59.4 Å². The number of benzene rings is 1. The molecule has 33 heavy (non-hydrogen) atoms. The molecule has 2 fully saturated rings. The molecular weight excluding hydrogens is 422 g/mol. The fourth-order valence-electron chi connectivity index (χ4n) is 4.93. The van der Waals surface area contributed by atoms with Gasteiger partial charge in [0.25, 0.3) is 0 Å². The summed E-state index contributed by atoms with van der Waals surface area (Å²) in [5.74, 6) is -0.107. The number of aliphatic hydroxyl groups is 1. The summed E-state index contributed by atoms with van der Waals surface area (Å²) in [4.78, 5) is 31.2. The van der Waals surface area contributed by atoms with Gasteiger partial charge in [-0.1, -0.05) is 12.1 Å². The summed E-state index contributed by atoms with van der Waals surface area (Å²) in [6.45, 7) is 1.28. The summed E-state index contributed by atoms with van der Waals surface area (Å²) in [6, 6.07) is 11.2. The van der Waals surface area contributed by atoms with Crippen molar-refractivity contribution in [2.45, 2.75) is 50.1 Å². The fourth-order valence-corrected chi connectivity index (χ4v) is 4.93. The minimum atomic E-state index is -0.498. The van der Waals surface area contributed by atoms with Crippen molar-refractivity contribution in [3.63, 3.8) is 0 Å². The van der Waals surface area contributed by atoms with E-state index in [2.05, 4.69) is 20.9 Å². The number of carbonyl (C=O) groups is 2. The number of hydrogen-bond donors (Lipinski definition) is 4. The van der Waals surface area contributed by atoms with E-state index in [-0.39, 0.29) is 36.7 Å². The maximum absolute atomic E-state index is 12.7. The number of amides is 3. The van der Waals surface area contributed by atoms with Gasteiger partial charge in [-0.2, -0.15) is 0 Å². The molecule has 0 aliphatic carbocycles. The van der Waals surface area contributed by atoms with Crippen molar-refractivity contribution in [1.82, 2.24) is 20.5 Å². The number of fused-ring (bicyclic) bond motifs is 4. The van der Waals surface area contributed by atoms with Crippen LogP contribution < -0.4 is 16.0 Å². The number of nitrogens with one attached hydrogen (secondary N) is 3. The molecule has 3 aliphatic heterocycles. The first-order chi connectivity index (χ1) is 16.1. The average molecular weight is 452 g/mol. The lowest BCUT2D eigenvalue weighted by atomic mass is 9.89. The molecule has 4 N–H and O–H groups in total. The predicted molar refractivity (Wildman–Crippen MR) is 121 cm³/mol. The normalized spacial score (nSPS) is 25.7. The molecule has 3 aliphatic rings. The van der Waals surface area contributed by atoms with Crippen LogP contribution >= 0.6 is 0 Å². The number of aliphatic hydroxyl groups excluding tert-OH is 1. The highest BCUT2D eigenvalue weighted by atomic mass is 16.5. The van der Waals surface area contributed by atoms with E-state index < -0.39 is 6.10 Å². The van der Waals surface area contributed by atoms with E-state index in [1.165, 1.54) is 0 Å². The van der Waals surface area contributed by atoms with Crippen LogP contribution in [0.1, 0.15) is 48.2 Å². The Kier molecular flexibility index (Phi) is 6.15. The van der Waals surface area contributed by atoms with Gasteiger partial charge in [0.05, 0.1) is 43.1 Å². The molecule has 4 heterocycles. The number of ether oxygens (including phenoxy) is 1. The zero-order chi connectivity index (χ0) is 22.8. The van der Waals surface area contributed by atoms with Crippen LogP contribution in [0.3, 0.4) is 0 Å². The first-order valence-corrected chi connectivity index (χ1v) is 11.5. The Morgan fingerprint density at radius 3 is 3.00 bits per heavy atom. The van der Waals surface area contributed by atoms with E-state index >= 15 is 0 Å². The summed E-state index contributed by atoms with van der Waals surface area (Å²) < 4.78 is 5.79. The first kappa shape index (κ1) is 21.7. The zero-order valence-electron chi connectivity index (χ0n) is 18.4. The molecule has 3 amide bonds. The summed E-state index contributed by atoms with van der Waals surface area (Å²) in [7, 11) is 0.